The van der Waals surface area contributed by atoms with Gasteiger partial charge in [-0.1, -0.05) is 6.07 Å². The number of nitrogens with one attached hydrogen (secondary N) is 1. The van der Waals surface area contributed by atoms with Gasteiger partial charge in [0.05, 0.1) is 22.4 Å². The van der Waals surface area contributed by atoms with Gasteiger partial charge < -0.3 is 15.3 Å². The summed E-state index contributed by atoms with van der Waals surface area (Å²) in [6, 6.07) is 7.65. The summed E-state index contributed by atoms with van der Waals surface area (Å²) in [5.41, 5.74) is 2.43. The summed E-state index contributed by atoms with van der Waals surface area (Å²) in [7, 11) is 0. The van der Waals surface area contributed by atoms with E-state index in [2.05, 4.69) is 10.5 Å². The molecule has 23 heavy (non-hydrogen) atoms. The van der Waals surface area contributed by atoms with Crippen molar-refractivity contribution < 1.29 is 25.0 Å². The minimum Gasteiger partial charge on any atom is -0.507 e. The van der Waals surface area contributed by atoms with E-state index < -0.39 is 28.1 Å². The van der Waals surface area contributed by atoms with Gasteiger partial charge in [-0.25, -0.2) is 4.79 Å². The van der Waals surface area contributed by atoms with E-state index in [1.165, 1.54) is 18.2 Å². The van der Waals surface area contributed by atoms with Crippen molar-refractivity contribution >= 4 is 23.6 Å². The molecule has 0 amide bonds. The number of hydrogen-bond acceptors (Lipinski definition) is 7. The van der Waals surface area contributed by atoms with Crippen molar-refractivity contribution in [1.82, 2.24) is 0 Å². The molecule has 0 spiro atoms. The van der Waals surface area contributed by atoms with Crippen LogP contribution in [-0.4, -0.2) is 32.4 Å². The molecule has 0 saturated carbocycles. The van der Waals surface area contributed by atoms with Crippen molar-refractivity contribution in [3.8, 4) is 11.5 Å². The predicted octanol–water partition coefficient (Wildman–Crippen LogP) is 2.15. The van der Waals surface area contributed by atoms with Crippen LogP contribution in [0.5, 0.6) is 11.5 Å². The van der Waals surface area contributed by atoms with Gasteiger partial charge in [0.1, 0.15) is 5.75 Å². The fraction of sp³-hybridized carbons (Fsp3) is 0. The first-order chi connectivity index (χ1) is 10.9. The first-order valence-corrected chi connectivity index (χ1v) is 6.21. The maximum absolute atomic E-state index is 10.8. The Balaban J connectivity index is 2.21. The molecule has 0 atom stereocenters. The van der Waals surface area contributed by atoms with Gasteiger partial charge in [0.15, 0.2) is 5.75 Å². The normalized spacial score (nSPS) is 10.6. The first-order valence-electron chi connectivity index (χ1n) is 6.21. The largest absolute Gasteiger partial charge is 0.507 e. The average molecular weight is 317 g/mol. The SMILES string of the molecule is O=C(O)c1cccc(NN=Cc2cc([N+](=O)[O-])c(O)cc2O)c1. The number of rotatable bonds is 5. The molecule has 0 unspecified atom stereocenters. The minimum atomic E-state index is -1.09. The van der Waals surface area contributed by atoms with E-state index in [0.29, 0.717) is 5.69 Å². The molecule has 2 aromatic rings. The lowest BCUT2D eigenvalue weighted by Gasteiger charge is -2.03. The van der Waals surface area contributed by atoms with Crippen LogP contribution in [0.25, 0.3) is 0 Å². The van der Waals surface area contributed by atoms with Gasteiger partial charge in [-0.05, 0) is 18.2 Å². The third kappa shape index (κ3) is 3.73. The van der Waals surface area contributed by atoms with Gasteiger partial charge >= 0.3 is 11.7 Å². The van der Waals surface area contributed by atoms with Crippen LogP contribution in [0.3, 0.4) is 0 Å². The summed E-state index contributed by atoms with van der Waals surface area (Å²) in [5.74, 6) is -2.14. The maximum atomic E-state index is 10.8. The second-order valence-corrected chi connectivity index (χ2v) is 4.41. The highest BCUT2D eigenvalue weighted by Gasteiger charge is 2.16. The second kappa shape index (κ2) is 6.43. The lowest BCUT2D eigenvalue weighted by Crippen LogP contribution is -1.98. The van der Waals surface area contributed by atoms with Crippen LogP contribution in [0.2, 0.25) is 0 Å². The smallest absolute Gasteiger partial charge is 0.335 e. The van der Waals surface area contributed by atoms with Crippen LogP contribution >= 0.6 is 0 Å². The molecule has 0 aromatic heterocycles. The molecule has 0 fully saturated rings. The molecule has 0 aliphatic heterocycles. The Labute approximate surface area is 129 Å². The van der Waals surface area contributed by atoms with Gasteiger partial charge in [-0.3, -0.25) is 15.5 Å². The summed E-state index contributed by atoms with van der Waals surface area (Å²) >= 11 is 0. The Kier molecular flexibility index (Phi) is 4.41. The Morgan fingerprint density at radius 2 is 1.96 bits per heavy atom. The number of carbonyl (C=O) groups is 1. The van der Waals surface area contributed by atoms with E-state index in [1.807, 2.05) is 0 Å². The van der Waals surface area contributed by atoms with Crippen LogP contribution < -0.4 is 5.43 Å². The second-order valence-electron chi connectivity index (χ2n) is 4.41. The van der Waals surface area contributed by atoms with E-state index in [0.717, 1.165) is 18.3 Å². The molecule has 0 bridgehead atoms. The monoisotopic (exact) mass is 317 g/mol. The van der Waals surface area contributed by atoms with E-state index in [4.69, 9.17) is 5.11 Å². The van der Waals surface area contributed by atoms with E-state index in [9.17, 15) is 25.1 Å². The maximum Gasteiger partial charge on any atom is 0.335 e. The Hall–Kier alpha value is -3.62. The Morgan fingerprint density at radius 1 is 1.22 bits per heavy atom. The van der Waals surface area contributed by atoms with Crippen molar-refractivity contribution in [2.24, 2.45) is 5.10 Å². The van der Waals surface area contributed by atoms with Gasteiger partial charge in [0.2, 0.25) is 0 Å². The zero-order chi connectivity index (χ0) is 17.0. The highest BCUT2D eigenvalue weighted by molar-refractivity contribution is 5.89. The topological polar surface area (TPSA) is 145 Å². The number of phenolic OH excluding ortho intramolecular Hbond substituents is 2. The molecule has 0 radical (unpaired) electrons. The van der Waals surface area contributed by atoms with E-state index in [1.54, 1.807) is 6.07 Å². The summed E-state index contributed by atoms with van der Waals surface area (Å²) in [5, 5.41) is 42.4. The van der Waals surface area contributed by atoms with Crippen molar-refractivity contribution in [2.45, 2.75) is 0 Å². The molecule has 0 heterocycles. The van der Waals surface area contributed by atoms with Crippen molar-refractivity contribution in [3.63, 3.8) is 0 Å². The number of carboxylic acids is 1. The van der Waals surface area contributed by atoms with E-state index >= 15 is 0 Å². The number of benzene rings is 2. The fourth-order valence-electron chi connectivity index (χ4n) is 1.73. The summed E-state index contributed by atoms with van der Waals surface area (Å²) in [6.45, 7) is 0. The number of anilines is 1. The standard InChI is InChI=1S/C14H11N3O6/c18-12-6-13(19)11(17(22)23)5-9(12)7-15-16-10-3-1-2-8(4-10)14(20)21/h1-7,16,18-19H,(H,20,21). The molecule has 9 nitrogen and oxygen atoms in total. The molecule has 118 valence electrons. The van der Waals surface area contributed by atoms with Crippen LogP contribution in [-0.2, 0) is 0 Å². The third-order valence-corrected chi connectivity index (χ3v) is 2.83. The predicted molar refractivity (Wildman–Crippen MR) is 81.0 cm³/mol. The van der Waals surface area contributed by atoms with Crippen LogP contribution in [0.1, 0.15) is 15.9 Å². The molecule has 2 aromatic carbocycles. The number of hydrazone groups is 1. The first kappa shape index (κ1) is 15.8. The molecule has 4 N–H and O–H groups in total. The highest BCUT2D eigenvalue weighted by Crippen LogP contribution is 2.32. The zero-order valence-corrected chi connectivity index (χ0v) is 11.5. The summed E-state index contributed by atoms with van der Waals surface area (Å²) < 4.78 is 0. The van der Waals surface area contributed by atoms with Gasteiger partial charge in [-0.15, -0.1) is 0 Å². The minimum absolute atomic E-state index is 0.0105. The zero-order valence-electron chi connectivity index (χ0n) is 11.5. The van der Waals surface area contributed by atoms with Gasteiger partial charge in [-0.2, -0.15) is 5.10 Å². The molecular weight excluding hydrogens is 306 g/mol. The number of nitro groups is 1. The van der Waals surface area contributed by atoms with Crippen LogP contribution in [0.4, 0.5) is 11.4 Å². The quantitative estimate of drug-likeness (QED) is 0.375. The van der Waals surface area contributed by atoms with Crippen molar-refractivity contribution in [2.75, 3.05) is 5.43 Å². The highest BCUT2D eigenvalue weighted by atomic mass is 16.6. The number of nitrogens with zero attached hydrogens (tertiary/aromatic N) is 2. The average Bonchev–Trinajstić information content (AvgIpc) is 2.49. The van der Waals surface area contributed by atoms with E-state index in [-0.39, 0.29) is 11.1 Å². The number of phenols is 2. The molecule has 0 aliphatic carbocycles. The Bertz CT molecular complexity index is 803. The number of carboxylic acid groups (broad SMARTS) is 1. The van der Waals surface area contributed by atoms with Gasteiger partial charge in [0, 0.05) is 17.7 Å². The van der Waals surface area contributed by atoms with Crippen molar-refractivity contribution in [1.29, 1.82) is 0 Å². The lowest BCUT2D eigenvalue weighted by molar-refractivity contribution is -0.385. The molecule has 0 aliphatic rings. The fourth-order valence-corrected chi connectivity index (χ4v) is 1.73. The number of nitro benzene ring substituents is 1. The van der Waals surface area contributed by atoms with Crippen molar-refractivity contribution in [3.05, 3.63) is 57.6 Å². The molecule has 9 heteroatoms. The summed E-state index contributed by atoms with van der Waals surface area (Å²) in [6.07, 6.45) is 1.11. The van der Waals surface area contributed by atoms with Crippen LogP contribution in [0.15, 0.2) is 41.5 Å². The summed E-state index contributed by atoms with van der Waals surface area (Å²) in [4.78, 5) is 20.8. The Morgan fingerprint density at radius 3 is 2.61 bits per heavy atom. The molecular formula is C14H11N3O6. The molecule has 0 saturated heterocycles. The van der Waals surface area contributed by atoms with Gasteiger partial charge in [0.25, 0.3) is 0 Å². The third-order valence-electron chi connectivity index (χ3n) is 2.83. The molecule has 2 rings (SSSR count). The number of aromatic carboxylic acids is 1. The number of aromatic hydroxyl groups is 2. The lowest BCUT2D eigenvalue weighted by atomic mass is 10.2. The van der Waals surface area contributed by atoms with Crippen LogP contribution in [0, 0.1) is 10.1 Å². The number of hydrogen-bond donors (Lipinski definition) is 4.